The van der Waals surface area contributed by atoms with Gasteiger partial charge in [-0.1, -0.05) is 54.7 Å². The quantitative estimate of drug-likeness (QED) is 0.175. The molecule has 0 unspecified atom stereocenters. The number of hydrogen-bond donors (Lipinski definition) is 3. The number of aliphatic hydroxyl groups is 2. The molecule has 0 saturated carbocycles. The molecule has 13 heteroatoms. The molecule has 1 saturated heterocycles. The van der Waals surface area contributed by atoms with Crippen LogP contribution >= 0.6 is 0 Å². The Bertz CT molecular complexity index is 1860. The van der Waals surface area contributed by atoms with E-state index in [1.54, 1.807) is 35.9 Å². The number of hydrogen-bond acceptors (Lipinski definition) is 9. The number of nitrogens with one attached hydrogen (secondary N) is 1. The van der Waals surface area contributed by atoms with E-state index in [2.05, 4.69) is 47.8 Å². The van der Waals surface area contributed by atoms with E-state index in [4.69, 9.17) is 14.2 Å². The smallest absolute Gasteiger partial charge is 0.264 e. The van der Waals surface area contributed by atoms with Gasteiger partial charge in [0, 0.05) is 42.9 Å². The van der Waals surface area contributed by atoms with Crippen LogP contribution in [0.4, 0.5) is 11.4 Å². The molecule has 0 bridgehead atoms. The molecular formula is C38H47N5O7Si. The van der Waals surface area contributed by atoms with Crippen molar-refractivity contribution in [3.63, 3.8) is 0 Å². The summed E-state index contributed by atoms with van der Waals surface area (Å²) in [5, 5.41) is 31.4. The van der Waals surface area contributed by atoms with Crippen molar-refractivity contribution in [2.24, 2.45) is 5.92 Å². The van der Waals surface area contributed by atoms with Crippen LogP contribution in [0.2, 0.25) is 18.6 Å². The zero-order valence-corrected chi connectivity index (χ0v) is 31.0. The van der Waals surface area contributed by atoms with Crippen LogP contribution < -0.4 is 24.9 Å². The number of aromatic nitrogens is 3. The van der Waals surface area contributed by atoms with Crippen molar-refractivity contribution in [2.75, 3.05) is 31.0 Å². The summed E-state index contributed by atoms with van der Waals surface area (Å²) in [6.07, 6.45) is 1.49. The van der Waals surface area contributed by atoms with Gasteiger partial charge < -0.3 is 34.6 Å². The van der Waals surface area contributed by atoms with E-state index in [1.807, 2.05) is 48.7 Å². The standard InChI is InChI=1S/C38H47N5O7Si/c1-24-35(51(5,6)31-14-11-29(48-3)12-15-31)34(17-19-42-23-28(18-20-44)40-41-42)50-38(24)32-21-30(49-4)13-16-33(32)43(37(38)47)22-26-7-9-27(10-8-26)39-36(46)25(2)45/h7-16,21,23-25,34-35,44-45H,17-20,22H2,1-6H3,(H,39,46)/t24-,25+,34+,35-,38+/m1/s1. The summed E-state index contributed by atoms with van der Waals surface area (Å²) in [6.45, 7) is 9.10. The van der Waals surface area contributed by atoms with Crippen LogP contribution in [0, 0.1) is 5.92 Å². The first-order valence-corrected chi connectivity index (χ1v) is 20.4. The third kappa shape index (κ3) is 6.78. The summed E-state index contributed by atoms with van der Waals surface area (Å²) >= 11 is 0. The zero-order valence-electron chi connectivity index (χ0n) is 30.0. The highest BCUT2D eigenvalue weighted by atomic mass is 28.3. The van der Waals surface area contributed by atoms with E-state index < -0.39 is 25.7 Å². The number of carbonyl (C=O) groups is 2. The van der Waals surface area contributed by atoms with Crippen LogP contribution in [0.3, 0.4) is 0 Å². The fraction of sp³-hybridized carbons (Fsp3) is 0.421. The Morgan fingerprint density at radius 2 is 1.75 bits per heavy atom. The number of anilines is 2. The number of methoxy groups -OCH3 is 2. The SMILES string of the molecule is COc1ccc([Si](C)(C)[C@H]2[C@H](CCn3cc(CCO)nn3)O[C@@]3(C(=O)N(Cc4ccc(NC(=O)[C@H](C)O)cc4)c4ccc(OC)cc43)[C@@H]2C)cc1. The molecule has 0 radical (unpaired) electrons. The minimum atomic E-state index is -2.36. The third-order valence-electron chi connectivity index (χ3n) is 10.6. The van der Waals surface area contributed by atoms with Crippen LogP contribution in [0.25, 0.3) is 0 Å². The van der Waals surface area contributed by atoms with E-state index >= 15 is 4.79 Å². The lowest BCUT2D eigenvalue weighted by atomic mass is 9.82. The molecule has 51 heavy (non-hydrogen) atoms. The molecule has 3 N–H and O–H groups in total. The maximum atomic E-state index is 15.1. The van der Waals surface area contributed by atoms with Gasteiger partial charge in [0.25, 0.3) is 11.8 Å². The molecular weight excluding hydrogens is 667 g/mol. The number of fused-ring (bicyclic) bond motifs is 2. The lowest BCUT2D eigenvalue weighted by molar-refractivity contribution is -0.146. The van der Waals surface area contributed by atoms with E-state index in [-0.39, 0.29) is 30.1 Å². The van der Waals surface area contributed by atoms with Crippen molar-refractivity contribution in [3.05, 3.63) is 89.7 Å². The molecule has 1 spiro atoms. The molecule has 270 valence electrons. The van der Waals surface area contributed by atoms with Gasteiger partial charge in [-0.3, -0.25) is 14.3 Å². The lowest BCUT2D eigenvalue weighted by Gasteiger charge is -2.37. The maximum Gasteiger partial charge on any atom is 0.264 e. The average molecular weight is 714 g/mol. The second-order valence-electron chi connectivity index (χ2n) is 14.0. The van der Waals surface area contributed by atoms with E-state index in [0.29, 0.717) is 37.4 Å². The van der Waals surface area contributed by atoms with Crippen molar-refractivity contribution in [3.8, 4) is 11.5 Å². The number of rotatable bonds is 13. The van der Waals surface area contributed by atoms with Gasteiger partial charge >= 0.3 is 0 Å². The summed E-state index contributed by atoms with van der Waals surface area (Å²) in [7, 11) is 0.922. The highest BCUT2D eigenvalue weighted by Gasteiger charge is 2.66. The summed E-state index contributed by atoms with van der Waals surface area (Å²) in [5.74, 6) is 0.617. The fourth-order valence-corrected chi connectivity index (χ4v) is 12.0. The van der Waals surface area contributed by atoms with Gasteiger partial charge in [-0.15, -0.1) is 5.10 Å². The Morgan fingerprint density at radius 1 is 1.06 bits per heavy atom. The lowest BCUT2D eigenvalue weighted by Crippen LogP contribution is -2.51. The summed E-state index contributed by atoms with van der Waals surface area (Å²) in [6, 6.07) is 21.3. The first kappa shape index (κ1) is 36.2. The first-order chi connectivity index (χ1) is 24.4. The number of aliphatic hydroxyl groups excluding tert-OH is 2. The Morgan fingerprint density at radius 3 is 2.39 bits per heavy atom. The number of carbonyl (C=O) groups excluding carboxylic acids is 2. The largest absolute Gasteiger partial charge is 0.497 e. The predicted molar refractivity (Wildman–Crippen MR) is 196 cm³/mol. The normalized spacial score (nSPS) is 21.9. The van der Waals surface area contributed by atoms with Crippen molar-refractivity contribution in [2.45, 2.75) is 76.2 Å². The fourth-order valence-electron chi connectivity index (χ4n) is 7.91. The Balaban J connectivity index is 1.38. The Labute approximate surface area is 299 Å². The number of nitrogens with zero attached hydrogens (tertiary/aromatic N) is 4. The predicted octanol–water partition coefficient (Wildman–Crippen LogP) is 4.00. The summed E-state index contributed by atoms with van der Waals surface area (Å²) < 4.78 is 20.2. The van der Waals surface area contributed by atoms with Gasteiger partial charge in [-0.25, -0.2) is 0 Å². The monoisotopic (exact) mass is 713 g/mol. The summed E-state index contributed by atoms with van der Waals surface area (Å²) in [4.78, 5) is 28.9. The molecule has 2 aliphatic heterocycles. The molecule has 0 aliphatic carbocycles. The zero-order chi connectivity index (χ0) is 36.5. The third-order valence-corrected chi connectivity index (χ3v) is 14.9. The van der Waals surface area contributed by atoms with Gasteiger partial charge in [-0.2, -0.15) is 0 Å². The highest BCUT2D eigenvalue weighted by Crippen LogP contribution is 2.60. The summed E-state index contributed by atoms with van der Waals surface area (Å²) in [5.41, 5.74) is 2.48. The van der Waals surface area contributed by atoms with Gasteiger partial charge in [0.2, 0.25) is 0 Å². The Kier molecular flexibility index (Phi) is 10.4. The van der Waals surface area contributed by atoms with E-state index in [9.17, 15) is 15.0 Å². The van der Waals surface area contributed by atoms with Crippen molar-refractivity contribution >= 4 is 36.4 Å². The molecule has 6 rings (SSSR count). The van der Waals surface area contributed by atoms with Crippen LogP contribution in [-0.4, -0.2) is 78.1 Å². The maximum absolute atomic E-state index is 15.1. The van der Waals surface area contributed by atoms with Crippen LogP contribution in [0.1, 0.15) is 37.1 Å². The number of ether oxygens (including phenoxy) is 3. The molecule has 12 nitrogen and oxygen atoms in total. The molecule has 5 atom stereocenters. The molecule has 3 aromatic carbocycles. The first-order valence-electron chi connectivity index (χ1n) is 17.3. The molecule has 2 aliphatic rings. The molecule has 4 aromatic rings. The van der Waals surface area contributed by atoms with Gasteiger partial charge in [0.15, 0.2) is 5.60 Å². The molecule has 3 heterocycles. The van der Waals surface area contributed by atoms with Crippen LogP contribution in [-0.2, 0) is 39.4 Å². The number of aryl methyl sites for hydroxylation is 1. The van der Waals surface area contributed by atoms with Crippen molar-refractivity contribution in [1.82, 2.24) is 15.0 Å². The number of benzene rings is 3. The van der Waals surface area contributed by atoms with Crippen molar-refractivity contribution in [1.29, 1.82) is 0 Å². The second kappa shape index (κ2) is 14.6. The molecule has 1 aromatic heterocycles. The van der Waals surface area contributed by atoms with E-state index in [0.717, 1.165) is 28.3 Å². The highest BCUT2D eigenvalue weighted by molar-refractivity contribution is 6.91. The van der Waals surface area contributed by atoms with Crippen molar-refractivity contribution < 1.29 is 34.0 Å². The number of amides is 2. The van der Waals surface area contributed by atoms with Gasteiger partial charge in [0.1, 0.15) is 17.6 Å². The van der Waals surface area contributed by atoms with E-state index in [1.165, 1.54) is 12.1 Å². The Hall–Kier alpha value is -4.56. The molecule has 2 amide bonds. The average Bonchev–Trinajstić information content (AvgIpc) is 3.77. The van der Waals surface area contributed by atoms with Gasteiger partial charge in [0.05, 0.1) is 46.3 Å². The minimum Gasteiger partial charge on any atom is -0.497 e. The minimum absolute atomic E-state index is 0.000624. The van der Waals surface area contributed by atoms with Gasteiger partial charge in [-0.05, 0) is 66.9 Å². The molecule has 1 fully saturated rings. The topological polar surface area (TPSA) is 148 Å². The van der Waals surface area contributed by atoms with Crippen LogP contribution in [0.15, 0.2) is 72.9 Å². The second-order valence-corrected chi connectivity index (χ2v) is 18.7. The van der Waals surface area contributed by atoms with Crippen LogP contribution in [0.5, 0.6) is 11.5 Å².